The molecule has 0 aliphatic carbocycles. The van der Waals surface area contributed by atoms with Gasteiger partial charge in [0.2, 0.25) is 0 Å². The Morgan fingerprint density at radius 3 is 1.22 bits per heavy atom. The molecule has 4 nitrogen and oxygen atoms in total. The van der Waals surface area contributed by atoms with Gasteiger partial charge in [0.1, 0.15) is 0 Å². The van der Waals surface area contributed by atoms with Gasteiger partial charge in [0, 0.05) is 11.1 Å². The van der Waals surface area contributed by atoms with Crippen molar-refractivity contribution in [3.63, 3.8) is 0 Å². The molecule has 2 amide bonds. The van der Waals surface area contributed by atoms with Gasteiger partial charge in [-0.05, 0) is 100 Å². The average Bonchev–Trinajstić information content (AvgIpc) is 2.83. The number of nitrogens with one attached hydrogen (secondary N) is 2. The van der Waals surface area contributed by atoms with E-state index in [2.05, 4.69) is 23.8 Å². The van der Waals surface area contributed by atoms with Gasteiger partial charge >= 0.3 is 0 Å². The Balaban J connectivity index is 1.71. The lowest BCUT2D eigenvalue weighted by Crippen LogP contribution is -2.41. The van der Waals surface area contributed by atoms with Crippen LogP contribution in [0.4, 0.5) is 0 Å². The molecule has 0 bridgehead atoms. The molecule has 0 saturated carbocycles. The minimum Gasteiger partial charge on any atom is -0.343 e. The maximum Gasteiger partial charge on any atom is 0.251 e. The van der Waals surface area contributed by atoms with Gasteiger partial charge in [-0.15, -0.1) is 0 Å². The van der Waals surface area contributed by atoms with Crippen LogP contribution < -0.4 is 10.6 Å². The van der Waals surface area contributed by atoms with E-state index in [1.807, 2.05) is 90.1 Å². The van der Waals surface area contributed by atoms with Crippen LogP contribution in [0.1, 0.15) is 84.5 Å². The molecule has 4 heteroatoms. The van der Waals surface area contributed by atoms with Crippen LogP contribution in [-0.4, -0.2) is 11.8 Å². The summed E-state index contributed by atoms with van der Waals surface area (Å²) in [7, 11) is 0. The van der Waals surface area contributed by atoms with Crippen LogP contribution in [0.25, 0.3) is 11.1 Å². The predicted molar refractivity (Wildman–Crippen MR) is 150 cm³/mol. The van der Waals surface area contributed by atoms with E-state index in [1.165, 1.54) is 0 Å². The monoisotopic (exact) mass is 480 g/mol. The van der Waals surface area contributed by atoms with E-state index in [9.17, 15) is 9.59 Å². The van der Waals surface area contributed by atoms with E-state index < -0.39 is 11.1 Å². The molecule has 0 aliphatic rings. The van der Waals surface area contributed by atoms with Crippen LogP contribution in [0.2, 0.25) is 0 Å². The first kappa shape index (κ1) is 26.7. The highest BCUT2D eigenvalue weighted by Gasteiger charge is 2.26. The van der Waals surface area contributed by atoms with Crippen LogP contribution >= 0.6 is 0 Å². The van der Waals surface area contributed by atoms with Crippen molar-refractivity contribution < 1.29 is 9.59 Å². The Hall–Kier alpha value is -3.92. The van der Waals surface area contributed by atoms with Crippen molar-refractivity contribution in [2.45, 2.75) is 52.6 Å². The molecule has 0 heterocycles. The number of hydrogen-bond donors (Lipinski definition) is 2. The van der Waals surface area contributed by atoms with Crippen molar-refractivity contribution in [3.8, 4) is 0 Å². The van der Waals surface area contributed by atoms with Gasteiger partial charge in [-0.1, -0.05) is 60.7 Å². The van der Waals surface area contributed by atoms with E-state index in [-0.39, 0.29) is 11.8 Å². The zero-order valence-corrected chi connectivity index (χ0v) is 22.2. The van der Waals surface area contributed by atoms with Gasteiger partial charge < -0.3 is 10.6 Å². The van der Waals surface area contributed by atoms with Gasteiger partial charge in [0.05, 0.1) is 11.1 Å². The Morgan fingerprint density at radius 1 is 0.583 bits per heavy atom. The molecule has 0 saturated heterocycles. The Labute approximate surface area is 215 Å². The predicted octanol–water partition coefficient (Wildman–Crippen LogP) is 7.08. The molecule has 0 spiro atoms. The Morgan fingerprint density at radius 2 is 0.917 bits per heavy atom. The minimum atomic E-state index is -0.582. The number of carbonyl (C=O) groups excluding carboxylic acids is 2. The van der Waals surface area contributed by atoms with Crippen molar-refractivity contribution >= 4 is 23.0 Å². The fourth-order valence-corrected chi connectivity index (χ4v) is 3.98. The average molecular weight is 481 g/mol. The molecule has 36 heavy (non-hydrogen) atoms. The summed E-state index contributed by atoms with van der Waals surface area (Å²) in [5.74, 6) is -0.408. The van der Waals surface area contributed by atoms with Crippen molar-refractivity contribution in [3.05, 3.63) is 119 Å². The van der Waals surface area contributed by atoms with Gasteiger partial charge in [-0.25, -0.2) is 0 Å². The fourth-order valence-electron chi connectivity index (χ4n) is 3.98. The Kier molecular flexibility index (Phi) is 7.68. The maximum atomic E-state index is 13.0. The van der Waals surface area contributed by atoms with Crippen molar-refractivity contribution in [1.29, 1.82) is 0 Å². The smallest absolute Gasteiger partial charge is 0.251 e. The van der Waals surface area contributed by atoms with E-state index in [0.717, 1.165) is 33.4 Å². The lowest BCUT2D eigenvalue weighted by Gasteiger charge is -2.28. The molecule has 0 fully saturated rings. The molecular weight excluding hydrogens is 444 g/mol. The number of rotatable bonds is 8. The zero-order chi connectivity index (χ0) is 26.7. The lowest BCUT2D eigenvalue weighted by molar-refractivity contribution is 0.0899. The molecule has 0 unspecified atom stereocenters. The fraction of sp³-hybridized carbons (Fsp3) is 0.250. The molecule has 3 rings (SSSR count). The third-order valence-corrected chi connectivity index (χ3v) is 6.42. The number of carbonyl (C=O) groups is 2. The van der Waals surface area contributed by atoms with Gasteiger partial charge in [0.25, 0.3) is 11.8 Å². The first-order chi connectivity index (χ1) is 16.8. The van der Waals surface area contributed by atoms with E-state index in [1.54, 1.807) is 24.3 Å². The number of benzene rings is 3. The molecule has 186 valence electrons. The molecular formula is C32H36N2O2. The molecule has 0 aromatic heterocycles. The van der Waals surface area contributed by atoms with Crippen LogP contribution in [0.15, 0.2) is 86.0 Å². The van der Waals surface area contributed by atoms with E-state index >= 15 is 0 Å². The summed E-state index contributed by atoms with van der Waals surface area (Å²) in [6.45, 7) is 19.8. The van der Waals surface area contributed by atoms with Crippen molar-refractivity contribution in [1.82, 2.24) is 10.6 Å². The third kappa shape index (κ3) is 6.19. The normalized spacial score (nSPS) is 11.5. The summed E-state index contributed by atoms with van der Waals surface area (Å²) >= 11 is 0. The molecule has 0 atom stereocenters. The molecule has 0 aliphatic heterocycles. The number of amides is 2. The largest absolute Gasteiger partial charge is 0.343 e. The van der Waals surface area contributed by atoms with Gasteiger partial charge in [-0.2, -0.15) is 0 Å². The summed E-state index contributed by atoms with van der Waals surface area (Å²) in [5.41, 5.74) is 5.82. The van der Waals surface area contributed by atoms with Crippen LogP contribution in [0, 0.1) is 0 Å². The zero-order valence-electron chi connectivity index (χ0n) is 22.2. The first-order valence-corrected chi connectivity index (χ1v) is 12.1. The number of allylic oxidation sites excluding steroid dienone is 2. The molecule has 3 aromatic carbocycles. The highest BCUT2D eigenvalue weighted by molar-refractivity contribution is 5.98. The topological polar surface area (TPSA) is 58.2 Å². The summed E-state index contributed by atoms with van der Waals surface area (Å²) in [5, 5.41) is 6.20. The van der Waals surface area contributed by atoms with Crippen molar-refractivity contribution in [2.24, 2.45) is 0 Å². The number of hydrogen-bond acceptors (Lipinski definition) is 2. The van der Waals surface area contributed by atoms with Crippen LogP contribution in [0.5, 0.6) is 0 Å². The van der Waals surface area contributed by atoms with E-state index in [4.69, 9.17) is 0 Å². The van der Waals surface area contributed by atoms with Gasteiger partial charge in [-0.3, -0.25) is 9.59 Å². The highest BCUT2D eigenvalue weighted by Crippen LogP contribution is 2.25. The van der Waals surface area contributed by atoms with Crippen LogP contribution in [0.3, 0.4) is 0 Å². The standard InChI is InChI=1S/C32H36N2O2/c1-21(2)25-11-9-13-27(19-25)31(5,6)33-29(35)23-15-17-24(18-16-23)30(36)34-32(7,8)28-14-10-12-26(20-28)22(3)4/h9-20H,1,3H2,2,4-8H3,(H,33,35)(H,34,36). The SMILES string of the molecule is C=C(C)c1cccc(C(C)(C)NC(=O)c2ccc(C(=O)NC(C)(C)c3cccc(C(=C)C)c3)cc2)c1. The lowest BCUT2D eigenvalue weighted by atomic mass is 9.91. The third-order valence-electron chi connectivity index (χ3n) is 6.42. The maximum absolute atomic E-state index is 13.0. The summed E-state index contributed by atoms with van der Waals surface area (Å²) in [4.78, 5) is 26.0. The second kappa shape index (κ2) is 10.4. The van der Waals surface area contributed by atoms with E-state index in [0.29, 0.717) is 11.1 Å². The highest BCUT2D eigenvalue weighted by atomic mass is 16.2. The van der Waals surface area contributed by atoms with Crippen LogP contribution in [-0.2, 0) is 11.1 Å². The second-order valence-corrected chi connectivity index (χ2v) is 10.5. The van der Waals surface area contributed by atoms with Gasteiger partial charge in [0.15, 0.2) is 0 Å². The Bertz CT molecular complexity index is 1210. The summed E-state index contributed by atoms with van der Waals surface area (Å²) < 4.78 is 0. The molecule has 3 aromatic rings. The summed E-state index contributed by atoms with van der Waals surface area (Å²) in [6.07, 6.45) is 0. The second-order valence-electron chi connectivity index (χ2n) is 10.5. The molecule has 2 N–H and O–H groups in total. The quantitative estimate of drug-likeness (QED) is 0.362. The first-order valence-electron chi connectivity index (χ1n) is 12.1. The molecule has 0 radical (unpaired) electrons. The summed E-state index contributed by atoms with van der Waals surface area (Å²) in [6, 6.07) is 22.7. The van der Waals surface area contributed by atoms with Crippen molar-refractivity contribution in [2.75, 3.05) is 0 Å². The minimum absolute atomic E-state index is 0.204.